The molecule has 6 heteroatoms. The molecule has 0 saturated carbocycles. The molecule has 102 valence electrons. The molecule has 0 amide bonds. The molecule has 0 aliphatic carbocycles. The zero-order chi connectivity index (χ0) is 13.4. The lowest BCUT2D eigenvalue weighted by Crippen LogP contribution is -2.39. The van der Waals surface area contributed by atoms with Crippen LogP contribution in [-0.4, -0.2) is 32.8 Å². The van der Waals surface area contributed by atoms with Gasteiger partial charge in [-0.15, -0.1) is 21.5 Å². The molecule has 0 bridgehead atoms. The first kappa shape index (κ1) is 12.8. The van der Waals surface area contributed by atoms with Crippen LogP contribution in [0.15, 0.2) is 12.4 Å². The lowest BCUT2D eigenvalue weighted by atomic mass is 10.1. The summed E-state index contributed by atoms with van der Waals surface area (Å²) in [5.74, 6) is 1.04. The maximum atomic E-state index is 6.03. The van der Waals surface area contributed by atoms with Gasteiger partial charge in [0.25, 0.3) is 0 Å². The van der Waals surface area contributed by atoms with Crippen LogP contribution in [0.3, 0.4) is 0 Å². The molecule has 0 fully saturated rings. The molecule has 3 heterocycles. The predicted molar refractivity (Wildman–Crippen MR) is 76.0 cm³/mol. The minimum absolute atomic E-state index is 0.287. The van der Waals surface area contributed by atoms with Gasteiger partial charge in [-0.2, -0.15) is 0 Å². The summed E-state index contributed by atoms with van der Waals surface area (Å²) in [5.41, 5.74) is 7.40. The third-order valence-electron chi connectivity index (χ3n) is 3.77. The van der Waals surface area contributed by atoms with Crippen molar-refractivity contribution in [3.8, 4) is 0 Å². The Bertz CT molecular complexity index is 573. The van der Waals surface area contributed by atoms with Crippen molar-refractivity contribution in [1.29, 1.82) is 0 Å². The second-order valence-electron chi connectivity index (χ2n) is 5.03. The summed E-state index contributed by atoms with van der Waals surface area (Å²) >= 11 is 1.85. The van der Waals surface area contributed by atoms with E-state index in [1.54, 1.807) is 0 Å². The fourth-order valence-corrected chi connectivity index (χ4v) is 3.79. The van der Waals surface area contributed by atoms with Crippen LogP contribution in [0.2, 0.25) is 0 Å². The second-order valence-corrected chi connectivity index (χ2v) is 6.49. The number of aromatic nitrogens is 3. The van der Waals surface area contributed by atoms with E-state index in [0.29, 0.717) is 6.54 Å². The number of rotatable bonds is 3. The van der Waals surface area contributed by atoms with Crippen LogP contribution in [0.25, 0.3) is 0 Å². The average Bonchev–Trinajstić information content (AvgIpc) is 2.97. The van der Waals surface area contributed by atoms with E-state index in [9.17, 15) is 0 Å². The van der Waals surface area contributed by atoms with Crippen LogP contribution in [-0.2, 0) is 13.1 Å². The smallest absolute Gasteiger partial charge is 0.147 e. The Morgan fingerprint density at radius 2 is 2.26 bits per heavy atom. The number of aryl methyl sites for hydroxylation is 2. The first-order chi connectivity index (χ1) is 9.19. The van der Waals surface area contributed by atoms with E-state index >= 15 is 0 Å². The van der Waals surface area contributed by atoms with Gasteiger partial charge in [0.1, 0.15) is 12.2 Å². The lowest BCUT2D eigenvalue weighted by molar-refractivity contribution is 0.156. The number of thiophene rings is 1. The molecule has 2 N–H and O–H groups in total. The van der Waals surface area contributed by atoms with Crippen LogP contribution < -0.4 is 5.73 Å². The zero-order valence-electron chi connectivity index (χ0n) is 11.3. The molecular weight excluding hydrogens is 258 g/mol. The second kappa shape index (κ2) is 5.03. The summed E-state index contributed by atoms with van der Waals surface area (Å²) in [7, 11) is 0. The quantitative estimate of drug-likeness (QED) is 0.923. The maximum Gasteiger partial charge on any atom is 0.147 e. The number of fused-ring (bicyclic) bond motifs is 1. The standard InChI is InChI=1S/C13H19N5S/c1-9-5-11(10(2)19-9)12(6-14)17-3-4-18-8-15-16-13(18)7-17/h5,8,12H,3-4,6-7,14H2,1-2H3. The van der Waals surface area contributed by atoms with E-state index in [-0.39, 0.29) is 6.04 Å². The zero-order valence-corrected chi connectivity index (χ0v) is 12.2. The Balaban J connectivity index is 1.86. The summed E-state index contributed by atoms with van der Waals surface area (Å²) < 4.78 is 2.12. The first-order valence-corrected chi connectivity index (χ1v) is 7.38. The lowest BCUT2D eigenvalue weighted by Gasteiger charge is -2.34. The normalized spacial score (nSPS) is 17.4. The molecule has 0 saturated heterocycles. The van der Waals surface area contributed by atoms with Gasteiger partial charge in [-0.3, -0.25) is 4.90 Å². The molecule has 0 radical (unpaired) electrons. The summed E-state index contributed by atoms with van der Waals surface area (Å²) in [4.78, 5) is 5.14. The topological polar surface area (TPSA) is 60.0 Å². The maximum absolute atomic E-state index is 6.03. The highest BCUT2D eigenvalue weighted by atomic mass is 32.1. The molecule has 2 aromatic heterocycles. The fourth-order valence-electron chi connectivity index (χ4n) is 2.81. The Morgan fingerprint density at radius 3 is 2.95 bits per heavy atom. The van der Waals surface area contributed by atoms with Gasteiger partial charge in [0.2, 0.25) is 0 Å². The molecule has 1 aliphatic heterocycles. The van der Waals surface area contributed by atoms with E-state index in [1.165, 1.54) is 15.3 Å². The molecule has 3 rings (SSSR count). The number of hydrogen-bond donors (Lipinski definition) is 1. The van der Waals surface area contributed by atoms with E-state index in [1.807, 2.05) is 17.7 Å². The molecule has 19 heavy (non-hydrogen) atoms. The van der Waals surface area contributed by atoms with Crippen LogP contribution in [0.4, 0.5) is 0 Å². The highest BCUT2D eigenvalue weighted by Gasteiger charge is 2.26. The van der Waals surface area contributed by atoms with E-state index in [4.69, 9.17) is 5.73 Å². The van der Waals surface area contributed by atoms with Crippen molar-refractivity contribution in [2.45, 2.75) is 33.0 Å². The number of nitrogens with two attached hydrogens (primary N) is 1. The summed E-state index contributed by atoms with van der Waals surface area (Å²) in [6, 6.07) is 2.56. The predicted octanol–water partition coefficient (Wildman–Crippen LogP) is 1.47. The van der Waals surface area contributed by atoms with Gasteiger partial charge in [0.05, 0.1) is 6.54 Å². The minimum Gasteiger partial charge on any atom is -0.329 e. The molecule has 1 aliphatic rings. The van der Waals surface area contributed by atoms with E-state index in [0.717, 1.165) is 25.5 Å². The summed E-state index contributed by atoms with van der Waals surface area (Å²) in [5, 5.41) is 8.15. The molecule has 1 unspecified atom stereocenters. The monoisotopic (exact) mass is 277 g/mol. The third-order valence-corrected chi connectivity index (χ3v) is 4.75. The molecule has 0 aromatic carbocycles. The van der Waals surface area contributed by atoms with Crippen LogP contribution >= 0.6 is 11.3 Å². The van der Waals surface area contributed by atoms with Gasteiger partial charge in [-0.1, -0.05) is 0 Å². The molecule has 0 spiro atoms. The van der Waals surface area contributed by atoms with Gasteiger partial charge in [-0.25, -0.2) is 0 Å². The molecule has 5 nitrogen and oxygen atoms in total. The summed E-state index contributed by atoms with van der Waals surface area (Å²) in [6.45, 7) is 7.76. The van der Waals surface area contributed by atoms with Crippen molar-refractivity contribution < 1.29 is 0 Å². The Morgan fingerprint density at radius 1 is 1.42 bits per heavy atom. The van der Waals surface area contributed by atoms with Crippen molar-refractivity contribution in [1.82, 2.24) is 19.7 Å². The van der Waals surface area contributed by atoms with Gasteiger partial charge < -0.3 is 10.3 Å². The van der Waals surface area contributed by atoms with E-state index in [2.05, 4.69) is 39.6 Å². The highest BCUT2D eigenvalue weighted by Crippen LogP contribution is 2.31. The minimum atomic E-state index is 0.287. The van der Waals surface area contributed by atoms with Gasteiger partial charge in [0, 0.05) is 35.4 Å². The average molecular weight is 277 g/mol. The van der Waals surface area contributed by atoms with E-state index < -0.39 is 0 Å². The van der Waals surface area contributed by atoms with Crippen molar-refractivity contribution in [2.75, 3.05) is 13.1 Å². The Kier molecular flexibility index (Phi) is 3.38. The van der Waals surface area contributed by atoms with Gasteiger partial charge >= 0.3 is 0 Å². The van der Waals surface area contributed by atoms with Crippen molar-refractivity contribution >= 4 is 11.3 Å². The van der Waals surface area contributed by atoms with Crippen molar-refractivity contribution in [3.05, 3.63) is 33.5 Å². The largest absolute Gasteiger partial charge is 0.329 e. The van der Waals surface area contributed by atoms with Gasteiger partial charge in [-0.05, 0) is 25.5 Å². The number of hydrogen-bond acceptors (Lipinski definition) is 5. The van der Waals surface area contributed by atoms with Gasteiger partial charge in [0.15, 0.2) is 0 Å². The van der Waals surface area contributed by atoms with Crippen LogP contribution in [0.5, 0.6) is 0 Å². The molecule has 1 atom stereocenters. The third kappa shape index (κ3) is 2.31. The SMILES string of the molecule is Cc1cc(C(CN)N2CCn3cnnc3C2)c(C)s1. The Labute approximate surface area is 117 Å². The first-order valence-electron chi connectivity index (χ1n) is 6.56. The van der Waals surface area contributed by atoms with Crippen molar-refractivity contribution in [2.24, 2.45) is 5.73 Å². The van der Waals surface area contributed by atoms with Crippen molar-refractivity contribution in [3.63, 3.8) is 0 Å². The molecular formula is C13H19N5S. The summed E-state index contributed by atoms with van der Waals surface area (Å²) in [6.07, 6.45) is 1.81. The number of nitrogens with zero attached hydrogens (tertiary/aromatic N) is 4. The Hall–Kier alpha value is -1.24. The highest BCUT2D eigenvalue weighted by molar-refractivity contribution is 7.12. The van der Waals surface area contributed by atoms with Crippen LogP contribution in [0.1, 0.15) is 27.2 Å². The molecule has 2 aromatic rings. The fraction of sp³-hybridized carbons (Fsp3) is 0.538. The van der Waals surface area contributed by atoms with Crippen LogP contribution in [0, 0.1) is 13.8 Å².